The minimum absolute atomic E-state index is 0. The van der Waals surface area contributed by atoms with Crippen molar-refractivity contribution < 1.29 is 9.15 Å². The van der Waals surface area contributed by atoms with Crippen molar-refractivity contribution in [1.82, 2.24) is 10.6 Å². The molecule has 2 heterocycles. The van der Waals surface area contributed by atoms with Gasteiger partial charge in [-0.25, -0.2) is 0 Å². The van der Waals surface area contributed by atoms with E-state index in [1.807, 2.05) is 12.1 Å². The zero-order valence-corrected chi connectivity index (χ0v) is 18.8. The fourth-order valence-corrected chi connectivity index (χ4v) is 3.19. The molecular weight excluding hydrogens is 467 g/mol. The number of nitrogens with zero attached hydrogens (tertiary/aromatic N) is 2. The number of benzene rings is 1. The molecule has 1 aromatic heterocycles. The van der Waals surface area contributed by atoms with Crippen LogP contribution in [0.1, 0.15) is 25.5 Å². The lowest BCUT2D eigenvalue weighted by atomic mass is 10.3. The van der Waals surface area contributed by atoms with Crippen LogP contribution in [0.25, 0.3) is 0 Å². The summed E-state index contributed by atoms with van der Waals surface area (Å²) in [6.07, 6.45) is 3.67. The number of aliphatic imine (C=N–C) groups is 1. The van der Waals surface area contributed by atoms with Gasteiger partial charge in [-0.05, 0) is 44.0 Å². The van der Waals surface area contributed by atoms with E-state index < -0.39 is 0 Å². The summed E-state index contributed by atoms with van der Waals surface area (Å²) in [7, 11) is 0. The van der Waals surface area contributed by atoms with Gasteiger partial charge in [-0.3, -0.25) is 4.99 Å². The normalized spacial score (nSPS) is 16.7. The summed E-state index contributed by atoms with van der Waals surface area (Å²) in [4.78, 5) is 7.10. The van der Waals surface area contributed by atoms with E-state index in [0.29, 0.717) is 19.3 Å². The third-order valence-corrected chi connectivity index (χ3v) is 4.54. The predicted molar refractivity (Wildman–Crippen MR) is 125 cm³/mol. The lowest BCUT2D eigenvalue weighted by molar-refractivity contribution is 0.105. The Bertz CT molecular complexity index is 679. The molecule has 6 nitrogen and oxygen atoms in total. The molecule has 1 fully saturated rings. The van der Waals surface area contributed by atoms with E-state index in [0.717, 1.165) is 50.7 Å². The summed E-state index contributed by atoms with van der Waals surface area (Å²) < 4.78 is 10.9. The highest BCUT2D eigenvalue weighted by Crippen LogP contribution is 2.19. The second-order valence-electron chi connectivity index (χ2n) is 6.66. The van der Waals surface area contributed by atoms with Gasteiger partial charge in [-0.1, -0.05) is 18.2 Å². The van der Waals surface area contributed by atoms with Crippen LogP contribution in [-0.2, 0) is 11.3 Å². The van der Waals surface area contributed by atoms with Gasteiger partial charge in [-0.15, -0.1) is 24.0 Å². The molecule has 154 valence electrons. The van der Waals surface area contributed by atoms with Crippen LogP contribution >= 0.6 is 24.0 Å². The minimum atomic E-state index is 0. The molecule has 1 aromatic carbocycles. The molecule has 1 saturated heterocycles. The number of furan rings is 1. The lowest BCUT2D eigenvalue weighted by Crippen LogP contribution is -2.44. The lowest BCUT2D eigenvalue weighted by Gasteiger charge is -2.20. The van der Waals surface area contributed by atoms with Crippen LogP contribution in [0.3, 0.4) is 0 Å². The van der Waals surface area contributed by atoms with E-state index in [1.165, 1.54) is 5.69 Å². The van der Waals surface area contributed by atoms with Gasteiger partial charge < -0.3 is 24.7 Å². The first-order valence-corrected chi connectivity index (χ1v) is 9.80. The average molecular weight is 498 g/mol. The molecule has 28 heavy (non-hydrogen) atoms. The zero-order chi connectivity index (χ0) is 18.7. The molecule has 0 radical (unpaired) electrons. The fourth-order valence-electron chi connectivity index (χ4n) is 3.19. The molecule has 0 amide bonds. The number of nitrogens with one attached hydrogen (secondary N) is 2. The van der Waals surface area contributed by atoms with E-state index in [-0.39, 0.29) is 24.0 Å². The van der Waals surface area contributed by atoms with Gasteiger partial charge in [0.15, 0.2) is 5.96 Å². The van der Waals surface area contributed by atoms with Crippen molar-refractivity contribution in [3.8, 4) is 0 Å². The molecule has 3 rings (SSSR count). The summed E-state index contributed by atoms with van der Waals surface area (Å²) in [5.74, 6) is 1.75. The summed E-state index contributed by atoms with van der Waals surface area (Å²) in [5.41, 5.74) is 1.29. The Balaban J connectivity index is 0.00000280. The summed E-state index contributed by atoms with van der Waals surface area (Å²) in [6.45, 7) is 6.96. The maximum atomic E-state index is 5.61. The molecule has 0 saturated carbocycles. The number of halogens is 1. The first-order chi connectivity index (χ1) is 13.3. The minimum Gasteiger partial charge on any atom is -0.467 e. The molecule has 1 aliphatic rings. The number of ether oxygens (including phenoxy) is 1. The highest BCUT2D eigenvalue weighted by Gasteiger charge is 2.23. The van der Waals surface area contributed by atoms with E-state index >= 15 is 0 Å². The smallest absolute Gasteiger partial charge is 0.191 e. The Kier molecular flexibility index (Phi) is 10.2. The molecule has 2 N–H and O–H groups in total. The summed E-state index contributed by atoms with van der Waals surface area (Å²) in [5, 5.41) is 6.91. The number of anilines is 1. The Morgan fingerprint density at radius 1 is 1.25 bits per heavy atom. The number of guanidine groups is 1. The van der Waals surface area contributed by atoms with Crippen molar-refractivity contribution >= 4 is 35.6 Å². The number of rotatable bonds is 9. The summed E-state index contributed by atoms with van der Waals surface area (Å²) >= 11 is 0. The van der Waals surface area contributed by atoms with E-state index in [4.69, 9.17) is 9.15 Å². The zero-order valence-electron chi connectivity index (χ0n) is 16.5. The van der Waals surface area contributed by atoms with Crippen molar-refractivity contribution in [2.45, 2.75) is 32.4 Å². The maximum absolute atomic E-state index is 5.61. The topological polar surface area (TPSA) is 62.0 Å². The standard InChI is InChI=1S/C21H30N4O2.HI/c1-2-22-21(23-12-7-14-26-17-20-10-6-15-27-20)24-18-11-13-25(16-18)19-8-4-3-5-9-19;/h3-6,8-10,15,18H,2,7,11-14,16-17H2,1H3,(H2,22,23,24);1H. The second kappa shape index (κ2) is 12.7. The number of para-hydroxylation sites is 1. The Morgan fingerprint density at radius 2 is 2.11 bits per heavy atom. The van der Waals surface area contributed by atoms with Crippen molar-refractivity contribution in [3.63, 3.8) is 0 Å². The molecule has 0 bridgehead atoms. The fraction of sp³-hybridized carbons (Fsp3) is 0.476. The molecule has 0 aliphatic carbocycles. The van der Waals surface area contributed by atoms with Crippen molar-refractivity contribution in [3.05, 3.63) is 54.5 Å². The molecule has 2 aromatic rings. The van der Waals surface area contributed by atoms with Gasteiger partial charge in [-0.2, -0.15) is 0 Å². The van der Waals surface area contributed by atoms with Crippen LogP contribution in [0, 0.1) is 0 Å². The molecule has 7 heteroatoms. The predicted octanol–water partition coefficient (Wildman–Crippen LogP) is 3.64. The van der Waals surface area contributed by atoms with Crippen LogP contribution < -0.4 is 15.5 Å². The van der Waals surface area contributed by atoms with Crippen molar-refractivity contribution in [2.75, 3.05) is 37.7 Å². The molecule has 0 spiro atoms. The van der Waals surface area contributed by atoms with Crippen LogP contribution in [0.2, 0.25) is 0 Å². The van der Waals surface area contributed by atoms with Crippen LogP contribution in [0.4, 0.5) is 5.69 Å². The number of hydrogen-bond acceptors (Lipinski definition) is 4. The van der Waals surface area contributed by atoms with Gasteiger partial charge in [0.05, 0.1) is 6.26 Å². The SMILES string of the molecule is CCNC(=NCCCOCc1ccco1)NC1CCN(c2ccccc2)C1.I. The van der Waals surface area contributed by atoms with Crippen LogP contribution in [0.5, 0.6) is 0 Å². The van der Waals surface area contributed by atoms with E-state index in [2.05, 4.69) is 57.8 Å². The highest BCUT2D eigenvalue weighted by atomic mass is 127. The van der Waals surface area contributed by atoms with E-state index in [1.54, 1.807) is 6.26 Å². The summed E-state index contributed by atoms with van der Waals surface area (Å²) in [6, 6.07) is 14.8. The van der Waals surface area contributed by atoms with Crippen molar-refractivity contribution in [2.24, 2.45) is 4.99 Å². The van der Waals surface area contributed by atoms with Crippen LogP contribution in [0.15, 0.2) is 58.1 Å². The first-order valence-electron chi connectivity index (χ1n) is 9.80. The Hall–Kier alpha value is -1.74. The molecule has 1 unspecified atom stereocenters. The molecular formula is C21H31IN4O2. The molecule has 1 aliphatic heterocycles. The maximum Gasteiger partial charge on any atom is 0.191 e. The Labute approximate surface area is 184 Å². The van der Waals surface area contributed by atoms with Gasteiger partial charge in [0, 0.05) is 44.5 Å². The largest absolute Gasteiger partial charge is 0.467 e. The average Bonchev–Trinajstić information content (AvgIpc) is 3.37. The van der Waals surface area contributed by atoms with Gasteiger partial charge >= 0.3 is 0 Å². The van der Waals surface area contributed by atoms with Gasteiger partial charge in [0.1, 0.15) is 12.4 Å². The van der Waals surface area contributed by atoms with Crippen molar-refractivity contribution in [1.29, 1.82) is 0 Å². The quantitative estimate of drug-likeness (QED) is 0.239. The van der Waals surface area contributed by atoms with Gasteiger partial charge in [0.25, 0.3) is 0 Å². The second-order valence-corrected chi connectivity index (χ2v) is 6.66. The van der Waals surface area contributed by atoms with Gasteiger partial charge in [0.2, 0.25) is 0 Å². The third-order valence-electron chi connectivity index (χ3n) is 4.54. The monoisotopic (exact) mass is 498 g/mol. The van der Waals surface area contributed by atoms with Crippen LogP contribution in [-0.4, -0.2) is 44.8 Å². The number of hydrogen-bond donors (Lipinski definition) is 2. The third kappa shape index (κ3) is 7.35. The van der Waals surface area contributed by atoms with E-state index in [9.17, 15) is 0 Å². The first kappa shape index (κ1) is 22.5. The Morgan fingerprint density at radius 3 is 2.86 bits per heavy atom. The highest BCUT2D eigenvalue weighted by molar-refractivity contribution is 14.0. The molecule has 1 atom stereocenters.